The maximum atomic E-state index is 12.8. The van der Waals surface area contributed by atoms with Gasteiger partial charge in [-0.1, -0.05) is 41.6 Å². The van der Waals surface area contributed by atoms with Crippen molar-refractivity contribution in [3.05, 3.63) is 40.0 Å². The summed E-state index contributed by atoms with van der Waals surface area (Å²) in [4.78, 5) is 0. The number of halogens is 1. The SMILES string of the molecule is CCOP(=O)(OCC)SC1=CCCP1(=S)c1cccc(Cl)c1. The number of benzene rings is 1. The molecule has 1 aliphatic rings. The van der Waals surface area contributed by atoms with Gasteiger partial charge >= 0.3 is 6.80 Å². The highest BCUT2D eigenvalue weighted by molar-refractivity contribution is 8.60. The van der Waals surface area contributed by atoms with Gasteiger partial charge < -0.3 is 9.05 Å². The second kappa shape index (κ2) is 7.98. The van der Waals surface area contributed by atoms with E-state index >= 15 is 0 Å². The molecule has 0 aromatic heterocycles. The van der Waals surface area contributed by atoms with Crippen LogP contribution in [0, 0.1) is 0 Å². The molecule has 0 saturated carbocycles. The first kappa shape index (κ1) is 18.7. The topological polar surface area (TPSA) is 35.5 Å². The van der Waals surface area contributed by atoms with Gasteiger partial charge in [0.05, 0.1) is 13.2 Å². The third-order valence-corrected chi connectivity index (χ3v) is 13.6. The van der Waals surface area contributed by atoms with E-state index in [0.717, 1.165) is 22.5 Å². The molecule has 1 aromatic carbocycles. The fourth-order valence-electron chi connectivity index (χ4n) is 2.21. The second-order valence-electron chi connectivity index (χ2n) is 4.65. The molecule has 2 rings (SSSR count). The van der Waals surface area contributed by atoms with Crippen LogP contribution < -0.4 is 5.30 Å². The molecule has 0 saturated heterocycles. The van der Waals surface area contributed by atoms with E-state index in [1.165, 1.54) is 11.4 Å². The van der Waals surface area contributed by atoms with Crippen molar-refractivity contribution in [1.82, 2.24) is 0 Å². The van der Waals surface area contributed by atoms with Crippen LogP contribution in [0.3, 0.4) is 0 Å². The zero-order valence-electron chi connectivity index (χ0n) is 12.5. The van der Waals surface area contributed by atoms with Crippen molar-refractivity contribution >= 4 is 52.9 Å². The summed E-state index contributed by atoms with van der Waals surface area (Å²) >= 11 is 13.3. The highest BCUT2D eigenvalue weighted by atomic mass is 35.5. The van der Waals surface area contributed by atoms with Crippen LogP contribution in [-0.4, -0.2) is 19.4 Å². The minimum atomic E-state index is -3.20. The van der Waals surface area contributed by atoms with E-state index in [1.54, 1.807) is 0 Å². The van der Waals surface area contributed by atoms with Crippen LogP contribution in [-0.2, 0) is 25.4 Å². The van der Waals surface area contributed by atoms with E-state index in [2.05, 4.69) is 6.08 Å². The summed E-state index contributed by atoms with van der Waals surface area (Å²) in [6.45, 7) is 1.10. The molecule has 0 N–H and O–H groups in total. The first-order chi connectivity index (χ1) is 10.4. The second-order valence-corrected chi connectivity index (χ2v) is 14.1. The maximum absolute atomic E-state index is 12.8. The normalized spacial score (nSPS) is 21.9. The van der Waals surface area contributed by atoms with Gasteiger partial charge in [0.1, 0.15) is 0 Å². The molecule has 0 bridgehead atoms. The van der Waals surface area contributed by atoms with Crippen LogP contribution in [0.1, 0.15) is 20.3 Å². The molecule has 0 radical (unpaired) electrons. The molecule has 122 valence electrons. The van der Waals surface area contributed by atoms with Crippen molar-refractivity contribution in [2.75, 3.05) is 19.4 Å². The number of hydrogen-bond acceptors (Lipinski definition) is 5. The van der Waals surface area contributed by atoms with Crippen molar-refractivity contribution in [2.24, 2.45) is 0 Å². The van der Waals surface area contributed by atoms with Crippen molar-refractivity contribution in [3.63, 3.8) is 0 Å². The van der Waals surface area contributed by atoms with Gasteiger partial charge in [0.2, 0.25) is 0 Å². The van der Waals surface area contributed by atoms with Crippen molar-refractivity contribution in [1.29, 1.82) is 0 Å². The molecule has 0 fully saturated rings. The van der Waals surface area contributed by atoms with E-state index in [1.807, 2.05) is 38.1 Å². The van der Waals surface area contributed by atoms with Gasteiger partial charge in [0.15, 0.2) is 0 Å². The van der Waals surface area contributed by atoms with Gasteiger partial charge in [-0.2, -0.15) is 0 Å². The quantitative estimate of drug-likeness (QED) is 0.560. The smallest absolute Gasteiger partial charge is 0.301 e. The first-order valence-electron chi connectivity index (χ1n) is 7.08. The molecular formula is C14H19ClO3P2S2. The van der Waals surface area contributed by atoms with Crippen LogP contribution >= 0.6 is 35.8 Å². The first-order valence-corrected chi connectivity index (χ1v) is 13.4. The minimum absolute atomic E-state index is 0.345. The van der Waals surface area contributed by atoms with Gasteiger partial charge in [0.25, 0.3) is 0 Å². The molecule has 1 unspecified atom stereocenters. The van der Waals surface area contributed by atoms with Crippen LogP contribution in [0.15, 0.2) is 35.0 Å². The molecule has 1 heterocycles. The minimum Gasteiger partial charge on any atom is -0.301 e. The Labute approximate surface area is 146 Å². The van der Waals surface area contributed by atoms with E-state index in [9.17, 15) is 4.57 Å². The molecule has 0 aliphatic carbocycles. The summed E-state index contributed by atoms with van der Waals surface area (Å²) in [5, 5.41) is 1.74. The molecule has 3 nitrogen and oxygen atoms in total. The lowest BCUT2D eigenvalue weighted by Gasteiger charge is -2.23. The Bertz CT molecular complexity index is 653. The fourth-order valence-corrected chi connectivity index (χ4v) is 12.9. The molecule has 0 spiro atoms. The van der Waals surface area contributed by atoms with E-state index < -0.39 is 12.8 Å². The summed E-state index contributed by atoms with van der Waals surface area (Å²) in [6.07, 6.45) is 3.87. The Morgan fingerprint density at radius 3 is 2.64 bits per heavy atom. The molecular weight excluding hydrogens is 378 g/mol. The van der Waals surface area contributed by atoms with Crippen molar-refractivity contribution in [2.45, 2.75) is 20.3 Å². The monoisotopic (exact) mass is 396 g/mol. The third-order valence-electron chi connectivity index (χ3n) is 3.12. The van der Waals surface area contributed by atoms with Gasteiger partial charge in [-0.05, 0) is 55.2 Å². The number of hydrogen-bond donors (Lipinski definition) is 0. The zero-order valence-corrected chi connectivity index (χ0v) is 16.7. The summed E-state index contributed by atoms with van der Waals surface area (Å²) < 4.78 is 24.5. The molecule has 1 aromatic rings. The van der Waals surface area contributed by atoms with Crippen LogP contribution in [0.5, 0.6) is 0 Å². The average molecular weight is 397 g/mol. The Hall–Kier alpha value is 0.400. The Morgan fingerprint density at radius 2 is 2.05 bits per heavy atom. The molecule has 1 aliphatic heterocycles. The average Bonchev–Trinajstić information content (AvgIpc) is 2.81. The third kappa shape index (κ3) is 4.27. The lowest BCUT2D eigenvalue weighted by Crippen LogP contribution is -2.05. The molecule has 0 amide bonds. The summed E-state index contributed by atoms with van der Waals surface area (Å²) in [7, 11) is 0. The number of rotatable bonds is 7. The van der Waals surface area contributed by atoms with E-state index in [0.29, 0.717) is 18.2 Å². The molecule has 8 heteroatoms. The number of allylic oxidation sites excluding steroid dienone is 1. The largest absolute Gasteiger partial charge is 0.393 e. The highest BCUT2D eigenvalue weighted by Gasteiger charge is 2.36. The van der Waals surface area contributed by atoms with Crippen LogP contribution in [0.25, 0.3) is 0 Å². The van der Waals surface area contributed by atoms with E-state index in [4.69, 9.17) is 32.5 Å². The predicted molar refractivity (Wildman–Crippen MR) is 101 cm³/mol. The van der Waals surface area contributed by atoms with Crippen molar-refractivity contribution in [3.8, 4) is 0 Å². The Kier molecular flexibility index (Phi) is 6.80. The van der Waals surface area contributed by atoms with Crippen LogP contribution in [0.4, 0.5) is 0 Å². The Morgan fingerprint density at radius 1 is 1.36 bits per heavy atom. The Balaban J connectivity index is 2.30. The molecule has 1 atom stereocenters. The van der Waals surface area contributed by atoms with Gasteiger partial charge in [-0.15, -0.1) is 0 Å². The highest BCUT2D eigenvalue weighted by Crippen LogP contribution is 2.73. The zero-order chi connectivity index (χ0) is 16.2. The lowest BCUT2D eigenvalue weighted by atomic mass is 10.4. The fraction of sp³-hybridized carbons (Fsp3) is 0.429. The van der Waals surface area contributed by atoms with Gasteiger partial charge in [-0.25, -0.2) is 4.57 Å². The van der Waals surface area contributed by atoms with Gasteiger partial charge in [-0.3, -0.25) is 0 Å². The van der Waals surface area contributed by atoms with Gasteiger partial charge in [0, 0.05) is 15.7 Å². The molecule has 22 heavy (non-hydrogen) atoms. The standard InChI is InChI=1S/C14H19ClO3P2S2/c1-3-17-20(16,18-4-2)22-14-9-6-10-19(14,21)13-8-5-7-12(15)11-13/h5,7-9,11H,3-4,6,10H2,1-2H3. The predicted octanol–water partition coefficient (Wildman–Crippen LogP) is 5.60. The summed E-state index contributed by atoms with van der Waals surface area (Å²) in [6, 6.07) is 5.73. The summed E-state index contributed by atoms with van der Waals surface area (Å²) in [5.41, 5.74) is 0. The van der Waals surface area contributed by atoms with E-state index in [-0.39, 0.29) is 0 Å². The lowest BCUT2D eigenvalue weighted by molar-refractivity contribution is 0.237. The van der Waals surface area contributed by atoms with Crippen LogP contribution in [0.2, 0.25) is 5.02 Å². The maximum Gasteiger partial charge on any atom is 0.393 e. The van der Waals surface area contributed by atoms with Crippen molar-refractivity contribution < 1.29 is 13.6 Å². The summed E-state index contributed by atoms with van der Waals surface area (Å²) in [5.74, 6) is 0.